The first kappa shape index (κ1) is 22.4. The number of nitrogens with zero attached hydrogens (tertiary/aromatic N) is 1. The number of rotatable bonds is 6. The van der Waals surface area contributed by atoms with Crippen LogP contribution in [0.5, 0.6) is 0 Å². The maximum absolute atomic E-state index is 11.2. The summed E-state index contributed by atoms with van der Waals surface area (Å²) in [5.41, 5.74) is 10.2. The van der Waals surface area contributed by atoms with Crippen LogP contribution in [0.15, 0.2) is 83.9 Å². The number of guanidine groups is 1. The second-order valence-electron chi connectivity index (χ2n) is 6.56. The lowest BCUT2D eigenvalue weighted by atomic mass is 10.1. The van der Waals surface area contributed by atoms with E-state index >= 15 is 0 Å². The molecule has 3 rings (SSSR count). The molecule has 0 radical (unpaired) electrons. The van der Waals surface area contributed by atoms with Crippen molar-refractivity contribution in [2.45, 2.75) is 20.0 Å². The smallest absolute Gasteiger partial charge is 0.248 e. The van der Waals surface area contributed by atoms with E-state index in [-0.39, 0.29) is 24.0 Å². The number of para-hydroxylation sites is 1. The summed E-state index contributed by atoms with van der Waals surface area (Å²) in [6.45, 7) is 3.22. The van der Waals surface area contributed by atoms with Gasteiger partial charge in [-0.25, -0.2) is 4.99 Å². The summed E-state index contributed by atoms with van der Waals surface area (Å²) in [5, 5.41) is 6.69. The normalized spacial score (nSPS) is 10.7. The number of primary amides is 1. The fourth-order valence-corrected chi connectivity index (χ4v) is 2.63. The molecule has 0 saturated heterocycles. The van der Waals surface area contributed by atoms with Crippen LogP contribution in [0.1, 0.15) is 27.0 Å². The summed E-state index contributed by atoms with van der Waals surface area (Å²) < 4.78 is 0. The molecule has 0 aromatic heterocycles. The van der Waals surface area contributed by atoms with E-state index in [1.807, 2.05) is 42.5 Å². The van der Waals surface area contributed by atoms with Gasteiger partial charge >= 0.3 is 0 Å². The van der Waals surface area contributed by atoms with E-state index in [9.17, 15) is 4.79 Å². The zero-order valence-electron chi connectivity index (χ0n) is 16.3. The Bertz CT molecular complexity index is 939. The fourth-order valence-electron chi connectivity index (χ4n) is 2.63. The molecule has 0 bridgehead atoms. The van der Waals surface area contributed by atoms with Crippen molar-refractivity contribution in [3.8, 4) is 0 Å². The average Bonchev–Trinajstić information content (AvgIpc) is 2.72. The average molecular weight is 500 g/mol. The first-order valence-electron chi connectivity index (χ1n) is 9.15. The minimum Gasteiger partial charge on any atom is -0.366 e. The van der Waals surface area contributed by atoms with Crippen molar-refractivity contribution in [1.29, 1.82) is 0 Å². The van der Waals surface area contributed by atoms with E-state index in [0.717, 1.165) is 11.3 Å². The minimum atomic E-state index is -0.429. The van der Waals surface area contributed by atoms with Gasteiger partial charge in [-0.15, -0.1) is 24.0 Å². The molecule has 0 fully saturated rings. The molecule has 0 aliphatic carbocycles. The molecule has 3 aromatic rings. The Hall–Kier alpha value is -2.87. The van der Waals surface area contributed by atoms with E-state index in [4.69, 9.17) is 5.73 Å². The summed E-state index contributed by atoms with van der Waals surface area (Å²) in [6.07, 6.45) is 0. The fraction of sp³-hybridized carbons (Fsp3) is 0.130. The van der Waals surface area contributed by atoms with Crippen molar-refractivity contribution in [3.63, 3.8) is 0 Å². The first-order valence-corrected chi connectivity index (χ1v) is 9.15. The number of hydrogen-bond donors (Lipinski definition) is 3. The Morgan fingerprint density at radius 2 is 1.52 bits per heavy atom. The van der Waals surface area contributed by atoms with Crippen LogP contribution in [-0.2, 0) is 13.1 Å². The Morgan fingerprint density at radius 1 is 0.897 bits per heavy atom. The number of aliphatic imine (C=N–C) groups is 1. The lowest BCUT2D eigenvalue weighted by Gasteiger charge is -2.13. The molecule has 0 saturated carbocycles. The largest absolute Gasteiger partial charge is 0.366 e. The third-order valence-electron chi connectivity index (χ3n) is 4.28. The highest BCUT2D eigenvalue weighted by Crippen LogP contribution is 2.08. The maximum Gasteiger partial charge on any atom is 0.248 e. The molecular formula is C23H25IN4O. The Kier molecular flexibility index (Phi) is 8.67. The zero-order chi connectivity index (χ0) is 19.8. The molecule has 6 heteroatoms. The van der Waals surface area contributed by atoms with Gasteiger partial charge in [-0.05, 0) is 42.3 Å². The number of amides is 1. The van der Waals surface area contributed by atoms with Gasteiger partial charge in [0, 0.05) is 17.8 Å². The van der Waals surface area contributed by atoms with Gasteiger partial charge in [0.2, 0.25) is 5.91 Å². The van der Waals surface area contributed by atoms with Crippen LogP contribution < -0.4 is 16.4 Å². The predicted molar refractivity (Wildman–Crippen MR) is 130 cm³/mol. The standard InChI is InChI=1S/C23H24N4O.HI/c1-17-7-9-18(10-8-17)15-25-23(27-21-5-3-2-4-6-21)26-16-19-11-13-20(14-12-19)22(24)28;/h2-14H,15-16H2,1H3,(H2,24,28)(H2,25,26,27);1H. The summed E-state index contributed by atoms with van der Waals surface area (Å²) >= 11 is 0. The SMILES string of the molecule is Cc1ccc(CNC(=NCc2ccc(C(N)=O)cc2)Nc2ccccc2)cc1.I. The van der Waals surface area contributed by atoms with Gasteiger partial charge in [-0.2, -0.15) is 0 Å². The molecule has 0 spiro atoms. The van der Waals surface area contributed by atoms with E-state index in [1.54, 1.807) is 12.1 Å². The van der Waals surface area contributed by atoms with Crippen molar-refractivity contribution >= 4 is 41.5 Å². The lowest BCUT2D eigenvalue weighted by Crippen LogP contribution is -2.30. The summed E-state index contributed by atoms with van der Waals surface area (Å²) in [6, 6.07) is 25.5. The van der Waals surface area contributed by atoms with Crippen molar-refractivity contribution < 1.29 is 4.79 Å². The lowest BCUT2D eigenvalue weighted by molar-refractivity contribution is 0.100. The maximum atomic E-state index is 11.2. The number of benzene rings is 3. The molecule has 3 aromatic carbocycles. The van der Waals surface area contributed by atoms with Crippen molar-refractivity contribution in [2.75, 3.05) is 5.32 Å². The van der Waals surface area contributed by atoms with Gasteiger partial charge in [0.05, 0.1) is 6.54 Å². The highest BCUT2D eigenvalue weighted by atomic mass is 127. The topological polar surface area (TPSA) is 79.5 Å². The van der Waals surface area contributed by atoms with Crippen LogP contribution in [0.3, 0.4) is 0 Å². The molecule has 0 unspecified atom stereocenters. The molecule has 150 valence electrons. The summed E-state index contributed by atoms with van der Waals surface area (Å²) in [4.78, 5) is 15.9. The quantitative estimate of drug-likeness (QED) is 0.266. The van der Waals surface area contributed by atoms with Crippen molar-refractivity contribution in [3.05, 3.63) is 101 Å². The molecule has 0 aliphatic rings. The van der Waals surface area contributed by atoms with Gasteiger partial charge in [-0.1, -0.05) is 60.2 Å². The van der Waals surface area contributed by atoms with Crippen LogP contribution in [0.25, 0.3) is 0 Å². The molecule has 1 amide bonds. The van der Waals surface area contributed by atoms with Crippen LogP contribution in [-0.4, -0.2) is 11.9 Å². The van der Waals surface area contributed by atoms with Gasteiger partial charge in [0.25, 0.3) is 0 Å². The van der Waals surface area contributed by atoms with E-state index in [2.05, 4.69) is 46.8 Å². The number of nitrogens with two attached hydrogens (primary N) is 1. The van der Waals surface area contributed by atoms with Gasteiger partial charge in [0.1, 0.15) is 0 Å². The third kappa shape index (κ3) is 7.23. The number of anilines is 1. The second-order valence-corrected chi connectivity index (χ2v) is 6.56. The highest BCUT2D eigenvalue weighted by molar-refractivity contribution is 14.0. The predicted octanol–water partition coefficient (Wildman–Crippen LogP) is 4.47. The monoisotopic (exact) mass is 500 g/mol. The number of hydrogen-bond acceptors (Lipinski definition) is 2. The molecule has 5 nitrogen and oxygen atoms in total. The van der Waals surface area contributed by atoms with Gasteiger partial charge < -0.3 is 16.4 Å². The van der Waals surface area contributed by atoms with Crippen LogP contribution in [0, 0.1) is 6.92 Å². The number of halogens is 1. The van der Waals surface area contributed by atoms with Crippen molar-refractivity contribution in [2.24, 2.45) is 10.7 Å². The number of aryl methyl sites for hydroxylation is 1. The molecule has 4 N–H and O–H groups in total. The highest BCUT2D eigenvalue weighted by Gasteiger charge is 2.03. The van der Waals surface area contributed by atoms with Gasteiger partial charge in [-0.3, -0.25) is 4.79 Å². The number of carbonyl (C=O) groups is 1. The Balaban J connectivity index is 0.00000300. The first-order chi connectivity index (χ1) is 13.6. The van der Waals surface area contributed by atoms with Gasteiger partial charge in [0.15, 0.2) is 5.96 Å². The summed E-state index contributed by atoms with van der Waals surface area (Å²) in [5.74, 6) is 0.256. The molecular weight excluding hydrogens is 475 g/mol. The zero-order valence-corrected chi connectivity index (χ0v) is 18.6. The Morgan fingerprint density at radius 3 is 2.14 bits per heavy atom. The summed E-state index contributed by atoms with van der Waals surface area (Å²) in [7, 11) is 0. The molecule has 0 atom stereocenters. The van der Waals surface area contributed by atoms with Crippen LogP contribution >= 0.6 is 24.0 Å². The van der Waals surface area contributed by atoms with E-state index in [0.29, 0.717) is 24.6 Å². The van der Waals surface area contributed by atoms with Crippen molar-refractivity contribution in [1.82, 2.24) is 5.32 Å². The van der Waals surface area contributed by atoms with E-state index < -0.39 is 5.91 Å². The Labute approximate surface area is 188 Å². The minimum absolute atomic E-state index is 0. The van der Waals surface area contributed by atoms with E-state index in [1.165, 1.54) is 11.1 Å². The molecule has 0 heterocycles. The third-order valence-corrected chi connectivity index (χ3v) is 4.28. The second kappa shape index (κ2) is 11.2. The molecule has 29 heavy (non-hydrogen) atoms. The number of nitrogens with one attached hydrogen (secondary N) is 2. The van der Waals surface area contributed by atoms with Crippen LogP contribution in [0.4, 0.5) is 5.69 Å². The molecule has 0 aliphatic heterocycles. The van der Waals surface area contributed by atoms with Crippen LogP contribution in [0.2, 0.25) is 0 Å². The number of carbonyl (C=O) groups excluding carboxylic acids is 1.